The second-order valence-corrected chi connectivity index (χ2v) is 8.67. The molecule has 0 N–H and O–H groups in total. The lowest BCUT2D eigenvalue weighted by atomic mass is 9.92. The molecule has 0 aliphatic heterocycles. The summed E-state index contributed by atoms with van der Waals surface area (Å²) in [6.45, 7) is 0. The Labute approximate surface area is 197 Å². The van der Waals surface area contributed by atoms with E-state index in [0.29, 0.717) is 0 Å². The summed E-state index contributed by atoms with van der Waals surface area (Å²) in [4.78, 5) is 9.49. The summed E-state index contributed by atoms with van der Waals surface area (Å²) in [5.41, 5.74) is 6.86. The standard InChI is InChI=1S/C32H20N2/c1-8-25(27-12-2-6-21-14-16-23-10-4-18-33-31(23)29(21)27)20-26(9-1)28-13-3-7-22-15-17-24-11-5-19-34-32(24)30(22)28/h1-20H. The van der Waals surface area contributed by atoms with Gasteiger partial charge in [-0.05, 0) is 51.2 Å². The zero-order chi connectivity index (χ0) is 22.5. The zero-order valence-corrected chi connectivity index (χ0v) is 18.4. The highest BCUT2D eigenvalue weighted by Gasteiger charge is 2.12. The largest absolute Gasteiger partial charge is 0.256 e. The third-order valence-corrected chi connectivity index (χ3v) is 6.71. The molecule has 0 spiro atoms. The first-order valence-electron chi connectivity index (χ1n) is 11.5. The molecule has 0 amide bonds. The zero-order valence-electron chi connectivity index (χ0n) is 18.4. The highest BCUT2D eigenvalue weighted by atomic mass is 14.7. The van der Waals surface area contributed by atoms with Crippen LogP contribution in [0.1, 0.15) is 0 Å². The van der Waals surface area contributed by atoms with Crippen LogP contribution < -0.4 is 0 Å². The van der Waals surface area contributed by atoms with Crippen molar-refractivity contribution < 1.29 is 0 Å². The molecule has 0 bridgehead atoms. The number of rotatable bonds is 2. The number of fused-ring (bicyclic) bond motifs is 6. The fraction of sp³-hybridized carbons (Fsp3) is 0. The highest BCUT2D eigenvalue weighted by Crippen LogP contribution is 2.38. The van der Waals surface area contributed by atoms with Crippen molar-refractivity contribution in [1.82, 2.24) is 9.97 Å². The van der Waals surface area contributed by atoms with E-state index in [2.05, 4.69) is 97.1 Å². The van der Waals surface area contributed by atoms with E-state index in [9.17, 15) is 0 Å². The minimum atomic E-state index is 1.04. The molecule has 0 radical (unpaired) electrons. The molecule has 0 saturated heterocycles. The third kappa shape index (κ3) is 2.89. The van der Waals surface area contributed by atoms with Gasteiger partial charge in [-0.15, -0.1) is 0 Å². The van der Waals surface area contributed by atoms with Crippen LogP contribution in [0.5, 0.6) is 0 Å². The molecule has 0 aliphatic carbocycles. The molecular weight excluding hydrogens is 412 g/mol. The minimum Gasteiger partial charge on any atom is -0.256 e. The lowest BCUT2D eigenvalue weighted by Crippen LogP contribution is -1.88. The Hall–Kier alpha value is -4.56. The van der Waals surface area contributed by atoms with E-state index in [0.717, 1.165) is 21.8 Å². The van der Waals surface area contributed by atoms with Gasteiger partial charge in [-0.3, -0.25) is 9.97 Å². The number of hydrogen-bond acceptors (Lipinski definition) is 2. The van der Waals surface area contributed by atoms with Gasteiger partial charge in [-0.2, -0.15) is 0 Å². The van der Waals surface area contributed by atoms with Crippen molar-refractivity contribution in [2.45, 2.75) is 0 Å². The number of hydrogen-bond donors (Lipinski definition) is 0. The van der Waals surface area contributed by atoms with Gasteiger partial charge >= 0.3 is 0 Å². The van der Waals surface area contributed by atoms with Crippen LogP contribution >= 0.6 is 0 Å². The second-order valence-electron chi connectivity index (χ2n) is 8.67. The topological polar surface area (TPSA) is 25.8 Å². The van der Waals surface area contributed by atoms with E-state index >= 15 is 0 Å². The maximum absolute atomic E-state index is 4.74. The van der Waals surface area contributed by atoms with Crippen LogP contribution in [0.25, 0.3) is 65.6 Å². The number of benzene rings is 5. The minimum absolute atomic E-state index is 1.04. The Kier molecular flexibility index (Phi) is 4.18. The highest BCUT2D eigenvalue weighted by molar-refractivity contribution is 6.14. The van der Waals surface area contributed by atoms with Crippen LogP contribution in [0.4, 0.5) is 0 Å². The Bertz CT molecular complexity index is 1730. The van der Waals surface area contributed by atoms with Gasteiger partial charge in [0.25, 0.3) is 0 Å². The molecule has 0 atom stereocenters. The Morgan fingerprint density at radius 2 is 0.824 bits per heavy atom. The summed E-state index contributed by atoms with van der Waals surface area (Å²) in [6.07, 6.45) is 3.76. The van der Waals surface area contributed by atoms with Crippen molar-refractivity contribution in [3.05, 3.63) is 122 Å². The maximum Gasteiger partial charge on any atom is 0.0786 e. The monoisotopic (exact) mass is 432 g/mol. The fourth-order valence-electron chi connectivity index (χ4n) is 5.16. The van der Waals surface area contributed by atoms with Crippen LogP contribution in [0.2, 0.25) is 0 Å². The molecule has 0 fully saturated rings. The normalized spacial score (nSPS) is 11.5. The summed E-state index contributed by atoms with van der Waals surface area (Å²) >= 11 is 0. The number of nitrogens with zero attached hydrogens (tertiary/aromatic N) is 2. The molecule has 158 valence electrons. The first-order chi connectivity index (χ1) is 16.9. The van der Waals surface area contributed by atoms with Crippen molar-refractivity contribution in [3.8, 4) is 22.3 Å². The summed E-state index contributed by atoms with van der Waals surface area (Å²) < 4.78 is 0. The van der Waals surface area contributed by atoms with Gasteiger partial charge in [0, 0.05) is 33.9 Å². The van der Waals surface area contributed by atoms with Gasteiger partial charge in [0.15, 0.2) is 0 Å². The van der Waals surface area contributed by atoms with Gasteiger partial charge in [-0.1, -0.05) is 91.0 Å². The van der Waals surface area contributed by atoms with E-state index in [1.165, 1.54) is 43.8 Å². The van der Waals surface area contributed by atoms with Gasteiger partial charge < -0.3 is 0 Å². The quantitative estimate of drug-likeness (QED) is 0.256. The SMILES string of the molecule is c1cc(-c2cccc3ccc4cccnc4c23)cc(-c2cccc3ccc4cccnc4c23)c1. The number of aromatic nitrogens is 2. The van der Waals surface area contributed by atoms with E-state index in [1.54, 1.807) is 0 Å². The van der Waals surface area contributed by atoms with Crippen LogP contribution in [0.3, 0.4) is 0 Å². The molecule has 2 heteroatoms. The van der Waals surface area contributed by atoms with Crippen molar-refractivity contribution in [2.75, 3.05) is 0 Å². The van der Waals surface area contributed by atoms with Gasteiger partial charge in [0.05, 0.1) is 11.0 Å². The average molecular weight is 433 g/mol. The van der Waals surface area contributed by atoms with Crippen LogP contribution in [-0.2, 0) is 0 Å². The molecule has 2 heterocycles. The maximum atomic E-state index is 4.74. The van der Waals surface area contributed by atoms with Crippen LogP contribution in [0.15, 0.2) is 122 Å². The first kappa shape index (κ1) is 19.0. The smallest absolute Gasteiger partial charge is 0.0786 e. The average Bonchev–Trinajstić information content (AvgIpc) is 2.92. The second kappa shape index (κ2) is 7.50. The lowest BCUT2D eigenvalue weighted by Gasteiger charge is -2.13. The van der Waals surface area contributed by atoms with Gasteiger partial charge in [-0.25, -0.2) is 0 Å². The Balaban J connectivity index is 1.51. The molecule has 0 unspecified atom stereocenters. The van der Waals surface area contributed by atoms with Crippen molar-refractivity contribution in [3.63, 3.8) is 0 Å². The molecular formula is C32H20N2. The predicted molar refractivity (Wildman–Crippen MR) is 143 cm³/mol. The van der Waals surface area contributed by atoms with Crippen LogP contribution in [-0.4, -0.2) is 9.97 Å². The molecule has 7 rings (SSSR count). The summed E-state index contributed by atoms with van der Waals surface area (Å²) in [7, 11) is 0. The third-order valence-electron chi connectivity index (χ3n) is 6.71. The van der Waals surface area contributed by atoms with E-state index < -0.39 is 0 Å². The molecule has 0 saturated carbocycles. The van der Waals surface area contributed by atoms with E-state index in [1.807, 2.05) is 24.5 Å². The van der Waals surface area contributed by atoms with Gasteiger partial charge in [0.1, 0.15) is 0 Å². The lowest BCUT2D eigenvalue weighted by molar-refractivity contribution is 1.43. The molecule has 2 aromatic heterocycles. The molecule has 7 aromatic rings. The fourth-order valence-corrected chi connectivity index (χ4v) is 5.16. The summed E-state index contributed by atoms with van der Waals surface area (Å²) in [5, 5.41) is 7.12. The molecule has 34 heavy (non-hydrogen) atoms. The molecule has 2 nitrogen and oxygen atoms in total. The summed E-state index contributed by atoms with van der Waals surface area (Å²) in [6, 6.07) is 38.8. The van der Waals surface area contributed by atoms with Crippen molar-refractivity contribution in [1.29, 1.82) is 0 Å². The van der Waals surface area contributed by atoms with Crippen molar-refractivity contribution >= 4 is 43.4 Å². The van der Waals surface area contributed by atoms with Gasteiger partial charge in [0.2, 0.25) is 0 Å². The molecule has 0 aliphatic rings. The Morgan fingerprint density at radius 3 is 1.35 bits per heavy atom. The molecule has 5 aromatic carbocycles. The summed E-state index contributed by atoms with van der Waals surface area (Å²) in [5.74, 6) is 0. The van der Waals surface area contributed by atoms with E-state index in [-0.39, 0.29) is 0 Å². The van der Waals surface area contributed by atoms with E-state index in [4.69, 9.17) is 9.97 Å². The Morgan fingerprint density at radius 1 is 0.382 bits per heavy atom. The predicted octanol–water partition coefficient (Wildman–Crippen LogP) is 8.42. The first-order valence-corrected chi connectivity index (χ1v) is 11.5. The van der Waals surface area contributed by atoms with Crippen molar-refractivity contribution in [2.24, 2.45) is 0 Å². The number of pyridine rings is 2. The van der Waals surface area contributed by atoms with Crippen LogP contribution in [0, 0.1) is 0 Å².